The lowest BCUT2D eigenvalue weighted by molar-refractivity contribution is 0.141. The van der Waals surface area contributed by atoms with E-state index in [0.29, 0.717) is 11.3 Å². The summed E-state index contributed by atoms with van der Waals surface area (Å²) >= 11 is 0. The van der Waals surface area contributed by atoms with E-state index in [1.54, 1.807) is 0 Å². The Morgan fingerprint density at radius 1 is 1.20 bits per heavy atom. The summed E-state index contributed by atoms with van der Waals surface area (Å²) < 4.78 is 5.76. The summed E-state index contributed by atoms with van der Waals surface area (Å²) in [6.45, 7) is 9.88. The number of hydrogen-bond donors (Lipinski definition) is 0. The summed E-state index contributed by atoms with van der Waals surface area (Å²) in [6, 6.07) is 10.0. The van der Waals surface area contributed by atoms with E-state index in [1.165, 1.54) is 6.42 Å². The van der Waals surface area contributed by atoms with E-state index in [9.17, 15) is 0 Å². The molecule has 0 fully saturated rings. The molecule has 0 saturated heterocycles. The maximum atomic E-state index is 5.76. The van der Waals surface area contributed by atoms with Crippen molar-refractivity contribution in [1.29, 1.82) is 0 Å². The van der Waals surface area contributed by atoms with Crippen molar-refractivity contribution < 1.29 is 4.74 Å². The van der Waals surface area contributed by atoms with Crippen LogP contribution in [-0.4, -0.2) is 6.61 Å². The van der Waals surface area contributed by atoms with E-state index in [-0.39, 0.29) is 0 Å². The molecule has 0 bridgehead atoms. The molecule has 0 radical (unpaired) electrons. The van der Waals surface area contributed by atoms with Crippen LogP contribution in [0.25, 0.3) is 0 Å². The summed E-state index contributed by atoms with van der Waals surface area (Å²) in [6.07, 6.45) is 1.19. The van der Waals surface area contributed by atoms with Crippen LogP contribution >= 0.6 is 0 Å². The van der Waals surface area contributed by atoms with Crippen LogP contribution < -0.4 is 4.74 Å². The largest absolute Gasteiger partial charge is 0.493 e. The van der Waals surface area contributed by atoms with Gasteiger partial charge in [0.1, 0.15) is 5.75 Å². The fraction of sp³-hybridized carbons (Fsp3) is 0.571. The Kier molecular flexibility index (Phi) is 4.19. The molecule has 0 saturated carbocycles. The zero-order valence-electron chi connectivity index (χ0n) is 10.3. The average molecular weight is 206 g/mol. The Bertz CT molecular complexity index is 277. The number of rotatable bonds is 5. The van der Waals surface area contributed by atoms with Crippen LogP contribution in [0, 0.1) is 11.3 Å². The van der Waals surface area contributed by atoms with Gasteiger partial charge >= 0.3 is 0 Å². The van der Waals surface area contributed by atoms with Crippen LogP contribution in [0.1, 0.15) is 34.1 Å². The Morgan fingerprint density at radius 2 is 1.80 bits per heavy atom. The normalized spacial score (nSPS) is 13.6. The van der Waals surface area contributed by atoms with Gasteiger partial charge in [-0.15, -0.1) is 0 Å². The highest BCUT2D eigenvalue weighted by Crippen LogP contribution is 2.30. The number of para-hydroxylation sites is 1. The van der Waals surface area contributed by atoms with Gasteiger partial charge in [0, 0.05) is 0 Å². The molecule has 1 aromatic rings. The number of ether oxygens (including phenoxy) is 1. The predicted molar refractivity (Wildman–Crippen MR) is 65.2 cm³/mol. The second-order valence-corrected chi connectivity index (χ2v) is 4.87. The molecular formula is C14H22O. The maximum absolute atomic E-state index is 5.76. The van der Waals surface area contributed by atoms with Gasteiger partial charge in [-0.2, -0.15) is 0 Å². The first-order valence-electron chi connectivity index (χ1n) is 5.74. The molecule has 84 valence electrons. The van der Waals surface area contributed by atoms with Crippen molar-refractivity contribution in [3.63, 3.8) is 0 Å². The highest BCUT2D eigenvalue weighted by Gasteiger charge is 2.23. The Morgan fingerprint density at radius 3 is 2.33 bits per heavy atom. The monoisotopic (exact) mass is 206 g/mol. The van der Waals surface area contributed by atoms with Gasteiger partial charge in [-0.1, -0.05) is 52.3 Å². The van der Waals surface area contributed by atoms with Crippen LogP contribution in [0.15, 0.2) is 30.3 Å². The van der Waals surface area contributed by atoms with Crippen molar-refractivity contribution in [2.45, 2.75) is 34.1 Å². The molecule has 1 unspecified atom stereocenters. The molecule has 0 N–H and O–H groups in total. The van der Waals surface area contributed by atoms with Crippen LogP contribution in [-0.2, 0) is 0 Å². The van der Waals surface area contributed by atoms with Gasteiger partial charge in [0.15, 0.2) is 0 Å². The van der Waals surface area contributed by atoms with Gasteiger partial charge in [-0.25, -0.2) is 0 Å². The summed E-state index contributed by atoms with van der Waals surface area (Å²) in [5.41, 5.74) is 0.356. The molecule has 15 heavy (non-hydrogen) atoms. The molecule has 0 heterocycles. The van der Waals surface area contributed by atoms with E-state index in [1.807, 2.05) is 30.3 Å². The van der Waals surface area contributed by atoms with Crippen LogP contribution in [0.5, 0.6) is 5.75 Å². The van der Waals surface area contributed by atoms with Crippen molar-refractivity contribution in [2.75, 3.05) is 6.61 Å². The first kappa shape index (κ1) is 12.1. The van der Waals surface area contributed by atoms with Crippen molar-refractivity contribution in [3.8, 4) is 5.75 Å². The fourth-order valence-corrected chi connectivity index (χ4v) is 1.31. The quantitative estimate of drug-likeness (QED) is 0.703. The fourth-order valence-electron chi connectivity index (χ4n) is 1.31. The van der Waals surface area contributed by atoms with Crippen LogP contribution in [0.2, 0.25) is 0 Å². The molecule has 0 aliphatic carbocycles. The molecule has 1 aromatic carbocycles. The summed E-state index contributed by atoms with van der Waals surface area (Å²) in [7, 11) is 0. The lowest BCUT2D eigenvalue weighted by atomic mass is 9.78. The summed E-state index contributed by atoms with van der Waals surface area (Å²) in [5.74, 6) is 1.54. The van der Waals surface area contributed by atoms with E-state index in [0.717, 1.165) is 12.4 Å². The smallest absolute Gasteiger partial charge is 0.119 e. The highest BCUT2D eigenvalue weighted by atomic mass is 16.5. The minimum Gasteiger partial charge on any atom is -0.493 e. The molecule has 0 aliphatic heterocycles. The van der Waals surface area contributed by atoms with Gasteiger partial charge in [-0.05, 0) is 23.5 Å². The zero-order chi connectivity index (χ0) is 11.3. The van der Waals surface area contributed by atoms with Gasteiger partial charge in [0.05, 0.1) is 6.61 Å². The first-order valence-corrected chi connectivity index (χ1v) is 5.74. The van der Waals surface area contributed by atoms with Gasteiger partial charge in [0.25, 0.3) is 0 Å². The average Bonchev–Trinajstić information content (AvgIpc) is 2.27. The second-order valence-electron chi connectivity index (χ2n) is 4.87. The molecular weight excluding hydrogens is 184 g/mol. The number of benzene rings is 1. The van der Waals surface area contributed by atoms with E-state index < -0.39 is 0 Å². The molecule has 0 amide bonds. The summed E-state index contributed by atoms with van der Waals surface area (Å²) in [5, 5.41) is 0. The third kappa shape index (κ3) is 3.58. The molecule has 1 nitrogen and oxygen atoms in total. The Labute approximate surface area is 93.5 Å². The minimum atomic E-state index is 0.356. The first-order chi connectivity index (χ1) is 7.06. The molecule has 1 atom stereocenters. The number of hydrogen-bond acceptors (Lipinski definition) is 1. The molecule has 0 aliphatic rings. The highest BCUT2D eigenvalue weighted by molar-refractivity contribution is 5.20. The minimum absolute atomic E-state index is 0.356. The molecule has 1 heteroatoms. The lowest BCUT2D eigenvalue weighted by Gasteiger charge is -2.30. The van der Waals surface area contributed by atoms with Gasteiger partial charge < -0.3 is 4.74 Å². The van der Waals surface area contributed by atoms with Crippen LogP contribution in [0.4, 0.5) is 0 Å². The third-order valence-electron chi connectivity index (χ3n) is 3.49. The second kappa shape index (κ2) is 5.20. The van der Waals surface area contributed by atoms with E-state index in [4.69, 9.17) is 4.74 Å². The van der Waals surface area contributed by atoms with Crippen molar-refractivity contribution in [3.05, 3.63) is 30.3 Å². The van der Waals surface area contributed by atoms with E-state index in [2.05, 4.69) is 27.7 Å². The Hall–Kier alpha value is -0.980. The molecule has 1 rings (SSSR count). The molecule has 0 spiro atoms. The van der Waals surface area contributed by atoms with Crippen molar-refractivity contribution in [2.24, 2.45) is 11.3 Å². The lowest BCUT2D eigenvalue weighted by Crippen LogP contribution is -2.26. The van der Waals surface area contributed by atoms with Crippen molar-refractivity contribution in [1.82, 2.24) is 0 Å². The topological polar surface area (TPSA) is 9.23 Å². The summed E-state index contributed by atoms with van der Waals surface area (Å²) in [4.78, 5) is 0. The third-order valence-corrected chi connectivity index (χ3v) is 3.49. The van der Waals surface area contributed by atoms with Crippen molar-refractivity contribution >= 4 is 0 Å². The molecule has 0 aromatic heterocycles. The van der Waals surface area contributed by atoms with E-state index >= 15 is 0 Å². The van der Waals surface area contributed by atoms with Gasteiger partial charge in [-0.3, -0.25) is 0 Å². The predicted octanol–water partition coefficient (Wildman–Crippen LogP) is 4.14. The standard InChI is InChI=1S/C14H22O/c1-5-14(3,4)12(2)11-15-13-9-7-6-8-10-13/h6-10,12H,5,11H2,1-4H3. The SMILES string of the molecule is CCC(C)(C)C(C)COc1ccccc1. The van der Waals surface area contributed by atoms with Crippen LogP contribution in [0.3, 0.4) is 0 Å². The van der Waals surface area contributed by atoms with Gasteiger partial charge in [0.2, 0.25) is 0 Å². The zero-order valence-corrected chi connectivity index (χ0v) is 10.3. The maximum Gasteiger partial charge on any atom is 0.119 e. The Balaban J connectivity index is 2.44.